The van der Waals surface area contributed by atoms with Gasteiger partial charge in [-0.1, -0.05) is 54.6 Å². The van der Waals surface area contributed by atoms with Crippen molar-refractivity contribution < 1.29 is 9.47 Å². The van der Waals surface area contributed by atoms with E-state index in [1.807, 2.05) is 18.2 Å². The van der Waals surface area contributed by atoms with E-state index in [0.717, 1.165) is 18.1 Å². The number of benzene rings is 2. The van der Waals surface area contributed by atoms with Gasteiger partial charge >= 0.3 is 0 Å². The molecule has 0 atom stereocenters. The van der Waals surface area contributed by atoms with Crippen molar-refractivity contribution in [1.82, 2.24) is 10.6 Å². The van der Waals surface area contributed by atoms with Gasteiger partial charge in [0.05, 0.1) is 19.8 Å². The minimum atomic E-state index is 0. The van der Waals surface area contributed by atoms with Crippen LogP contribution in [0.5, 0.6) is 0 Å². The van der Waals surface area contributed by atoms with Crippen LogP contribution in [0.4, 0.5) is 0 Å². The van der Waals surface area contributed by atoms with Crippen LogP contribution < -0.4 is 10.6 Å². The molecule has 6 heteroatoms. The monoisotopic (exact) mass is 469 g/mol. The van der Waals surface area contributed by atoms with E-state index in [1.54, 1.807) is 14.2 Å². The summed E-state index contributed by atoms with van der Waals surface area (Å²) in [5.74, 6) is 0.766. The van der Waals surface area contributed by atoms with Crippen LogP contribution in [0, 0.1) is 0 Å². The fourth-order valence-corrected chi connectivity index (χ4v) is 2.37. The lowest BCUT2D eigenvalue weighted by Gasteiger charge is -2.12. The van der Waals surface area contributed by atoms with Crippen LogP contribution in [-0.4, -0.2) is 33.3 Å². The van der Waals surface area contributed by atoms with Gasteiger partial charge in [0, 0.05) is 27.2 Å². The molecule has 0 aliphatic heterocycles. The van der Waals surface area contributed by atoms with Crippen LogP contribution in [0.3, 0.4) is 0 Å². The van der Waals surface area contributed by atoms with E-state index < -0.39 is 0 Å². The summed E-state index contributed by atoms with van der Waals surface area (Å²) >= 11 is 0. The molecule has 0 aromatic heterocycles. The molecule has 0 spiro atoms. The number of nitrogens with one attached hydrogen (secondary N) is 2. The van der Waals surface area contributed by atoms with Crippen molar-refractivity contribution in [2.24, 2.45) is 4.99 Å². The van der Waals surface area contributed by atoms with Crippen molar-refractivity contribution >= 4 is 29.9 Å². The SMILES string of the molecule is CN=C(NCCOC)NCc1cccc(COCc2ccccc2)c1.I. The molecule has 0 radical (unpaired) electrons. The van der Waals surface area contributed by atoms with Gasteiger partial charge < -0.3 is 20.1 Å². The average molecular weight is 469 g/mol. The second-order valence-electron chi connectivity index (χ2n) is 5.64. The lowest BCUT2D eigenvalue weighted by atomic mass is 10.1. The standard InChI is InChI=1S/C20H27N3O2.HI/c1-21-20(22-11-12-24-2)23-14-18-9-6-10-19(13-18)16-25-15-17-7-4-3-5-8-17;/h3-10,13H,11-12,14-16H2,1-2H3,(H2,21,22,23);1H. The quantitative estimate of drug-likeness (QED) is 0.256. The molecule has 26 heavy (non-hydrogen) atoms. The summed E-state index contributed by atoms with van der Waals surface area (Å²) in [5.41, 5.74) is 3.54. The summed E-state index contributed by atoms with van der Waals surface area (Å²) in [6.45, 7) is 3.31. The topological polar surface area (TPSA) is 54.9 Å². The first-order chi connectivity index (χ1) is 12.3. The average Bonchev–Trinajstić information content (AvgIpc) is 2.66. The van der Waals surface area contributed by atoms with E-state index in [9.17, 15) is 0 Å². The summed E-state index contributed by atoms with van der Waals surface area (Å²) in [4.78, 5) is 4.19. The van der Waals surface area contributed by atoms with Gasteiger partial charge in [-0.2, -0.15) is 0 Å². The maximum Gasteiger partial charge on any atom is 0.191 e. The second-order valence-corrected chi connectivity index (χ2v) is 5.64. The highest BCUT2D eigenvalue weighted by Gasteiger charge is 2.00. The number of hydrogen-bond acceptors (Lipinski definition) is 3. The molecule has 0 heterocycles. The van der Waals surface area contributed by atoms with Gasteiger partial charge in [0.1, 0.15) is 0 Å². The van der Waals surface area contributed by atoms with Crippen molar-refractivity contribution in [3.8, 4) is 0 Å². The Morgan fingerprint density at radius 1 is 0.923 bits per heavy atom. The Balaban J connectivity index is 0.00000338. The molecule has 142 valence electrons. The van der Waals surface area contributed by atoms with Gasteiger partial charge in [0.2, 0.25) is 0 Å². The third kappa shape index (κ3) is 8.64. The predicted octanol–water partition coefficient (Wildman–Crippen LogP) is 3.33. The smallest absolute Gasteiger partial charge is 0.191 e. The molecule has 2 N–H and O–H groups in total. The van der Waals surface area contributed by atoms with Crippen LogP contribution in [0.1, 0.15) is 16.7 Å². The molecule has 2 rings (SSSR count). The maximum absolute atomic E-state index is 5.80. The van der Waals surface area contributed by atoms with Gasteiger partial charge in [0.15, 0.2) is 5.96 Å². The highest BCUT2D eigenvalue weighted by molar-refractivity contribution is 14.0. The number of halogens is 1. The minimum Gasteiger partial charge on any atom is -0.383 e. The van der Waals surface area contributed by atoms with Crippen LogP contribution in [0.15, 0.2) is 59.6 Å². The van der Waals surface area contributed by atoms with E-state index in [0.29, 0.717) is 26.4 Å². The molecule has 0 unspecified atom stereocenters. The lowest BCUT2D eigenvalue weighted by Crippen LogP contribution is -2.38. The van der Waals surface area contributed by atoms with Gasteiger partial charge in [-0.25, -0.2) is 0 Å². The highest BCUT2D eigenvalue weighted by Crippen LogP contribution is 2.09. The van der Waals surface area contributed by atoms with Crippen molar-refractivity contribution in [2.45, 2.75) is 19.8 Å². The molecule has 2 aromatic rings. The van der Waals surface area contributed by atoms with Gasteiger partial charge in [0.25, 0.3) is 0 Å². The number of guanidine groups is 1. The largest absolute Gasteiger partial charge is 0.383 e. The Hall–Kier alpha value is -1.64. The molecule has 0 saturated carbocycles. The Morgan fingerprint density at radius 2 is 1.62 bits per heavy atom. The normalized spacial score (nSPS) is 10.9. The zero-order chi connectivity index (χ0) is 17.7. The Bertz CT molecular complexity index is 651. The number of ether oxygens (including phenoxy) is 2. The number of hydrogen-bond donors (Lipinski definition) is 2. The van der Waals surface area contributed by atoms with Crippen molar-refractivity contribution in [1.29, 1.82) is 0 Å². The predicted molar refractivity (Wildman–Crippen MR) is 117 cm³/mol. The first-order valence-electron chi connectivity index (χ1n) is 8.44. The molecular formula is C20H28IN3O2. The fourth-order valence-electron chi connectivity index (χ4n) is 2.37. The maximum atomic E-state index is 5.80. The van der Waals surface area contributed by atoms with Crippen LogP contribution in [0.2, 0.25) is 0 Å². The van der Waals surface area contributed by atoms with Crippen molar-refractivity contribution in [3.05, 3.63) is 71.3 Å². The van der Waals surface area contributed by atoms with Gasteiger partial charge in [-0.15, -0.1) is 24.0 Å². The molecule has 0 aliphatic rings. The second kappa shape index (κ2) is 13.5. The molecule has 2 aromatic carbocycles. The summed E-state index contributed by atoms with van der Waals surface area (Å²) in [5, 5.41) is 6.49. The molecule has 0 bridgehead atoms. The zero-order valence-electron chi connectivity index (χ0n) is 15.4. The number of rotatable bonds is 9. The van der Waals surface area contributed by atoms with E-state index >= 15 is 0 Å². The molecule has 0 fully saturated rings. The molecule has 0 aliphatic carbocycles. The number of methoxy groups -OCH3 is 1. The van der Waals surface area contributed by atoms with Crippen LogP contribution >= 0.6 is 24.0 Å². The molecule has 5 nitrogen and oxygen atoms in total. The van der Waals surface area contributed by atoms with E-state index in [2.05, 4.69) is 52.0 Å². The Labute approximate surface area is 173 Å². The van der Waals surface area contributed by atoms with Crippen LogP contribution in [-0.2, 0) is 29.2 Å². The van der Waals surface area contributed by atoms with E-state index in [1.165, 1.54) is 11.1 Å². The highest BCUT2D eigenvalue weighted by atomic mass is 127. The molecular weight excluding hydrogens is 441 g/mol. The van der Waals surface area contributed by atoms with E-state index in [-0.39, 0.29) is 24.0 Å². The van der Waals surface area contributed by atoms with Gasteiger partial charge in [-0.3, -0.25) is 4.99 Å². The fraction of sp³-hybridized carbons (Fsp3) is 0.350. The third-order valence-corrected chi connectivity index (χ3v) is 3.65. The van der Waals surface area contributed by atoms with E-state index in [4.69, 9.17) is 9.47 Å². The molecule has 0 amide bonds. The first kappa shape index (κ1) is 22.4. The Kier molecular flexibility index (Phi) is 11.7. The Morgan fingerprint density at radius 3 is 2.35 bits per heavy atom. The summed E-state index contributed by atoms with van der Waals surface area (Å²) in [7, 11) is 3.44. The summed E-state index contributed by atoms with van der Waals surface area (Å²) in [6, 6.07) is 18.6. The zero-order valence-corrected chi connectivity index (χ0v) is 17.7. The molecule has 0 saturated heterocycles. The number of nitrogens with zero attached hydrogens (tertiary/aromatic N) is 1. The van der Waals surface area contributed by atoms with Crippen molar-refractivity contribution in [3.63, 3.8) is 0 Å². The number of aliphatic imine (C=N–C) groups is 1. The lowest BCUT2D eigenvalue weighted by molar-refractivity contribution is 0.107. The van der Waals surface area contributed by atoms with Crippen LogP contribution in [0.25, 0.3) is 0 Å². The first-order valence-corrected chi connectivity index (χ1v) is 8.44. The summed E-state index contributed by atoms with van der Waals surface area (Å²) in [6.07, 6.45) is 0. The van der Waals surface area contributed by atoms with Gasteiger partial charge in [-0.05, 0) is 16.7 Å². The van der Waals surface area contributed by atoms with Crippen molar-refractivity contribution in [2.75, 3.05) is 27.3 Å². The summed E-state index contributed by atoms with van der Waals surface area (Å²) < 4.78 is 10.8. The minimum absolute atomic E-state index is 0. The third-order valence-electron chi connectivity index (χ3n) is 3.65.